The van der Waals surface area contributed by atoms with Crippen LogP contribution in [-0.2, 0) is 20.9 Å². The Kier molecular flexibility index (Phi) is 8.02. The molecule has 37 heavy (non-hydrogen) atoms. The number of piperazine rings is 1. The van der Waals surface area contributed by atoms with E-state index in [0.717, 1.165) is 6.26 Å². The highest BCUT2D eigenvalue weighted by Crippen LogP contribution is 2.32. The van der Waals surface area contributed by atoms with Crippen LogP contribution in [0, 0.1) is 6.92 Å². The number of nitrogens with zero attached hydrogens (tertiary/aromatic N) is 5. The third-order valence-corrected chi connectivity index (χ3v) is 6.59. The fourth-order valence-electron chi connectivity index (χ4n) is 3.66. The van der Waals surface area contributed by atoms with Gasteiger partial charge in [-0.05, 0) is 36.8 Å². The van der Waals surface area contributed by atoms with E-state index in [0.29, 0.717) is 64.4 Å². The lowest BCUT2D eigenvalue weighted by Gasteiger charge is -2.33. The third-order valence-electron chi connectivity index (χ3n) is 5.61. The largest absolute Gasteiger partial charge is 0.465 e. The first-order valence-corrected chi connectivity index (χ1v) is 13.6. The van der Waals surface area contributed by atoms with Crippen LogP contribution in [0.4, 0.5) is 10.6 Å². The van der Waals surface area contributed by atoms with Crippen molar-refractivity contribution in [2.24, 2.45) is 0 Å². The van der Waals surface area contributed by atoms with E-state index in [1.54, 1.807) is 31.2 Å². The van der Waals surface area contributed by atoms with Crippen LogP contribution in [0.25, 0.3) is 11.3 Å². The van der Waals surface area contributed by atoms with Crippen LogP contribution in [0.5, 0.6) is 11.8 Å². The highest BCUT2D eigenvalue weighted by molar-refractivity contribution is 7.85. The molecule has 3 heterocycles. The van der Waals surface area contributed by atoms with Gasteiger partial charge in [-0.3, -0.25) is 4.18 Å². The summed E-state index contributed by atoms with van der Waals surface area (Å²) in [5, 5.41) is 9.93. The highest BCUT2D eigenvalue weighted by atomic mass is 35.5. The lowest BCUT2D eigenvalue weighted by molar-refractivity contribution is 0.142. The third kappa shape index (κ3) is 6.98. The molecule has 0 bridgehead atoms. The number of rotatable bonds is 7. The number of halogens is 2. The van der Waals surface area contributed by atoms with Crippen molar-refractivity contribution in [1.29, 1.82) is 0 Å². The van der Waals surface area contributed by atoms with Crippen LogP contribution in [0.1, 0.15) is 11.1 Å². The Morgan fingerprint density at radius 1 is 1.05 bits per heavy atom. The van der Waals surface area contributed by atoms with Crippen LogP contribution >= 0.6 is 23.2 Å². The van der Waals surface area contributed by atoms with Crippen molar-refractivity contribution < 1.29 is 27.2 Å². The van der Waals surface area contributed by atoms with E-state index >= 15 is 0 Å². The maximum absolute atomic E-state index is 11.6. The van der Waals surface area contributed by atoms with Gasteiger partial charge in [0.2, 0.25) is 11.8 Å². The molecule has 11 nitrogen and oxygen atoms in total. The number of benzene rings is 1. The summed E-state index contributed by atoms with van der Waals surface area (Å²) in [6, 6.07) is 6.62. The van der Waals surface area contributed by atoms with Crippen molar-refractivity contribution in [3.8, 4) is 23.0 Å². The Morgan fingerprint density at radius 2 is 1.73 bits per heavy atom. The summed E-state index contributed by atoms with van der Waals surface area (Å²) in [7, 11) is -3.69. The SMILES string of the molecule is Cc1c(COS(C)(=O)=O)cc(-c2cc(Cl)cc(Cl)c2)nc1Oc1cnc(N2CCN(C(=O)O)CC2)cn1. The lowest BCUT2D eigenvalue weighted by atomic mass is 10.1. The molecule has 0 aliphatic carbocycles. The average Bonchev–Trinajstić information content (AvgIpc) is 2.84. The van der Waals surface area contributed by atoms with E-state index in [9.17, 15) is 13.2 Å². The first-order valence-electron chi connectivity index (χ1n) is 11.0. The van der Waals surface area contributed by atoms with Gasteiger partial charge < -0.3 is 19.6 Å². The maximum atomic E-state index is 11.6. The summed E-state index contributed by atoms with van der Waals surface area (Å²) >= 11 is 12.3. The van der Waals surface area contributed by atoms with Gasteiger partial charge in [0.1, 0.15) is 5.82 Å². The summed E-state index contributed by atoms with van der Waals surface area (Å²) in [4.78, 5) is 27.7. The van der Waals surface area contributed by atoms with E-state index in [-0.39, 0.29) is 18.4 Å². The molecular weight excluding hydrogens is 545 g/mol. The van der Waals surface area contributed by atoms with E-state index in [2.05, 4.69) is 15.0 Å². The Labute approximate surface area is 223 Å². The van der Waals surface area contributed by atoms with Crippen LogP contribution in [-0.4, -0.2) is 71.9 Å². The quantitative estimate of drug-likeness (QED) is 0.413. The molecule has 0 saturated carbocycles. The Balaban J connectivity index is 1.60. The predicted octanol–water partition coefficient (Wildman–Crippen LogP) is 4.22. The van der Waals surface area contributed by atoms with Gasteiger partial charge in [-0.25, -0.2) is 19.7 Å². The van der Waals surface area contributed by atoms with Crippen LogP contribution in [0.2, 0.25) is 10.0 Å². The minimum atomic E-state index is -3.69. The molecule has 0 radical (unpaired) electrons. The van der Waals surface area contributed by atoms with E-state index < -0.39 is 16.2 Å². The number of carbonyl (C=O) groups is 1. The summed E-state index contributed by atoms with van der Waals surface area (Å²) < 4.78 is 34.1. The molecule has 1 N–H and O–H groups in total. The normalized spacial score (nSPS) is 14.1. The molecule has 0 unspecified atom stereocenters. The van der Waals surface area contributed by atoms with Crippen molar-refractivity contribution in [3.05, 3.63) is 57.8 Å². The Hall–Kier alpha value is -3.19. The molecule has 2 aromatic heterocycles. The van der Waals surface area contributed by atoms with Crippen molar-refractivity contribution in [2.75, 3.05) is 37.3 Å². The number of amides is 1. The van der Waals surface area contributed by atoms with Gasteiger partial charge in [-0.2, -0.15) is 8.42 Å². The van der Waals surface area contributed by atoms with Gasteiger partial charge in [-0.15, -0.1) is 0 Å². The zero-order chi connectivity index (χ0) is 26.7. The topological polar surface area (TPSA) is 135 Å². The zero-order valence-corrected chi connectivity index (χ0v) is 22.2. The van der Waals surface area contributed by atoms with Crippen LogP contribution in [0.15, 0.2) is 36.7 Å². The molecule has 1 saturated heterocycles. The fourth-order valence-corrected chi connectivity index (χ4v) is 4.52. The molecule has 1 aliphatic heterocycles. The predicted molar refractivity (Wildman–Crippen MR) is 138 cm³/mol. The van der Waals surface area contributed by atoms with Crippen molar-refractivity contribution >= 4 is 45.2 Å². The number of hydrogen-bond acceptors (Lipinski definition) is 9. The van der Waals surface area contributed by atoms with Gasteiger partial charge in [0.25, 0.3) is 10.1 Å². The Bertz CT molecular complexity index is 1390. The second kappa shape index (κ2) is 11.1. The number of hydrogen-bond donors (Lipinski definition) is 1. The van der Waals surface area contributed by atoms with Gasteiger partial charge in [-0.1, -0.05) is 23.2 Å². The first kappa shape index (κ1) is 26.9. The lowest BCUT2D eigenvalue weighted by Crippen LogP contribution is -2.48. The minimum absolute atomic E-state index is 0.166. The second-order valence-electron chi connectivity index (χ2n) is 8.29. The summed E-state index contributed by atoms with van der Waals surface area (Å²) in [6.45, 7) is 3.24. The number of pyridine rings is 1. The minimum Gasteiger partial charge on any atom is -0.465 e. The molecule has 14 heteroatoms. The molecule has 0 atom stereocenters. The monoisotopic (exact) mass is 567 g/mol. The van der Waals surface area contributed by atoms with Crippen LogP contribution < -0.4 is 9.64 Å². The Morgan fingerprint density at radius 3 is 2.30 bits per heavy atom. The van der Waals surface area contributed by atoms with Crippen molar-refractivity contribution in [1.82, 2.24) is 19.9 Å². The number of ether oxygens (including phenoxy) is 1. The van der Waals surface area contributed by atoms with Crippen LogP contribution in [0.3, 0.4) is 0 Å². The van der Waals surface area contributed by atoms with Gasteiger partial charge >= 0.3 is 6.09 Å². The zero-order valence-electron chi connectivity index (χ0n) is 19.9. The molecule has 1 aliphatic rings. The van der Waals surface area contributed by atoms with Crippen molar-refractivity contribution in [2.45, 2.75) is 13.5 Å². The summed E-state index contributed by atoms with van der Waals surface area (Å²) in [5.41, 5.74) is 2.13. The fraction of sp³-hybridized carbons (Fsp3) is 0.304. The molecule has 1 amide bonds. The van der Waals surface area contributed by atoms with Gasteiger partial charge in [0.05, 0.1) is 31.0 Å². The second-order valence-corrected chi connectivity index (χ2v) is 10.8. The summed E-state index contributed by atoms with van der Waals surface area (Å²) in [5.74, 6) is 0.934. The molecular formula is C23H23Cl2N5O6S. The summed E-state index contributed by atoms with van der Waals surface area (Å²) in [6.07, 6.45) is 3.00. The molecule has 3 aromatic rings. The van der Waals surface area contributed by atoms with Gasteiger partial charge in [0.15, 0.2) is 0 Å². The first-order chi connectivity index (χ1) is 17.5. The molecule has 1 fully saturated rings. The smallest absolute Gasteiger partial charge is 0.407 e. The molecule has 1 aromatic carbocycles. The maximum Gasteiger partial charge on any atom is 0.407 e. The highest BCUT2D eigenvalue weighted by Gasteiger charge is 2.22. The van der Waals surface area contributed by atoms with E-state index in [4.69, 9.17) is 37.2 Å². The number of anilines is 1. The van der Waals surface area contributed by atoms with Gasteiger partial charge in [0, 0.05) is 47.4 Å². The molecule has 0 spiro atoms. The number of aromatic nitrogens is 3. The standard InChI is InChI=1S/C23H23Cl2N5O6S/c1-14-16(13-35-37(2,33)34)9-19(15-7-17(24)10-18(25)8-15)28-22(14)36-21-12-26-20(11-27-21)29-3-5-30(6-4-29)23(31)32/h7-12H,3-6,13H2,1-2H3,(H,31,32). The molecule has 196 valence electrons. The van der Waals surface area contributed by atoms with E-state index in [1.165, 1.54) is 17.3 Å². The average molecular weight is 568 g/mol. The van der Waals surface area contributed by atoms with E-state index in [1.807, 2.05) is 4.90 Å². The molecule has 4 rings (SSSR count). The van der Waals surface area contributed by atoms with Crippen molar-refractivity contribution in [3.63, 3.8) is 0 Å². The number of carboxylic acid groups (broad SMARTS) is 1.